The Hall–Kier alpha value is -2.27. The van der Waals surface area contributed by atoms with Crippen LogP contribution in [0.4, 0.5) is 17.1 Å². The molecule has 0 heterocycles. The molecule has 0 aromatic heterocycles. The largest absolute Gasteiger partial charge is 0.361 e. The minimum Gasteiger partial charge on any atom is -0.361 e. The first-order chi connectivity index (χ1) is 10.7. The van der Waals surface area contributed by atoms with Crippen molar-refractivity contribution in [1.82, 2.24) is 4.72 Å². The third kappa shape index (κ3) is 3.93. The fourth-order valence-electron chi connectivity index (χ4n) is 2.15. The van der Waals surface area contributed by atoms with Gasteiger partial charge in [-0.3, -0.25) is 20.2 Å². The summed E-state index contributed by atoms with van der Waals surface area (Å²) in [4.78, 5) is 22.0. The quantitative estimate of drug-likeness (QED) is 0.558. The molecule has 0 aliphatic heterocycles. The summed E-state index contributed by atoms with van der Waals surface area (Å²) in [5, 5.41) is 22.7. The van der Waals surface area contributed by atoms with Crippen LogP contribution in [0.5, 0.6) is 0 Å². The van der Waals surface area contributed by atoms with Gasteiger partial charge >= 0.3 is 11.4 Å². The van der Waals surface area contributed by atoms with Crippen molar-refractivity contribution in [3.63, 3.8) is 0 Å². The van der Waals surface area contributed by atoms with Gasteiger partial charge in [0.1, 0.15) is 0 Å². The molecular formula is C12H18N4O6S. The minimum absolute atomic E-state index is 0.181. The second kappa shape index (κ2) is 7.33. The number of rotatable bonds is 8. The molecule has 128 valence electrons. The van der Waals surface area contributed by atoms with Crippen LogP contribution >= 0.6 is 0 Å². The Morgan fingerprint density at radius 1 is 1.13 bits per heavy atom. The Kier molecular flexibility index (Phi) is 5.98. The van der Waals surface area contributed by atoms with Crippen molar-refractivity contribution in [1.29, 1.82) is 0 Å². The third-order valence-corrected chi connectivity index (χ3v) is 4.60. The Balaban J connectivity index is 3.80. The maximum atomic E-state index is 11.9. The number of anilines is 1. The molecule has 1 aromatic carbocycles. The van der Waals surface area contributed by atoms with E-state index in [-0.39, 0.29) is 5.69 Å². The second-order valence-electron chi connectivity index (χ2n) is 4.61. The summed E-state index contributed by atoms with van der Waals surface area (Å²) in [5.41, 5.74) is -1.40. The number of nitrogens with zero attached hydrogens (tertiary/aromatic N) is 3. The lowest BCUT2D eigenvalue weighted by atomic mass is 10.2. The molecular weight excluding hydrogens is 328 g/mol. The standard InChI is InChI=1S/C12H18N4O6S/c1-4-6-14(5-2)12-10(15(17)18)7-9(23(21,22)13-3)8-11(12)16(19)20/h7-8,13H,4-6H2,1-3H3. The molecule has 0 bridgehead atoms. The van der Waals surface area contributed by atoms with Gasteiger partial charge < -0.3 is 4.90 Å². The van der Waals surface area contributed by atoms with Gasteiger partial charge in [-0.05, 0) is 20.4 Å². The molecule has 0 amide bonds. The lowest BCUT2D eigenvalue weighted by molar-refractivity contribution is -0.393. The molecule has 0 fully saturated rings. The van der Waals surface area contributed by atoms with Crippen molar-refractivity contribution in [2.24, 2.45) is 0 Å². The molecule has 0 aliphatic carbocycles. The van der Waals surface area contributed by atoms with E-state index >= 15 is 0 Å². The minimum atomic E-state index is -4.05. The Labute approximate surface area is 133 Å². The van der Waals surface area contributed by atoms with Crippen LogP contribution in [0.2, 0.25) is 0 Å². The molecule has 11 heteroatoms. The first-order valence-corrected chi connectivity index (χ1v) is 8.33. The zero-order valence-corrected chi connectivity index (χ0v) is 13.8. The Morgan fingerprint density at radius 3 is 1.91 bits per heavy atom. The van der Waals surface area contributed by atoms with Crippen LogP contribution < -0.4 is 9.62 Å². The zero-order valence-electron chi connectivity index (χ0n) is 13.0. The number of sulfonamides is 1. The zero-order chi connectivity index (χ0) is 17.8. The molecule has 23 heavy (non-hydrogen) atoms. The molecule has 0 spiro atoms. The highest BCUT2D eigenvalue weighted by molar-refractivity contribution is 7.89. The SMILES string of the molecule is CCCN(CC)c1c([N+](=O)[O-])cc(S(=O)(=O)NC)cc1[N+](=O)[O-]. The maximum Gasteiger partial charge on any atom is 0.301 e. The molecule has 0 radical (unpaired) electrons. The summed E-state index contributed by atoms with van der Waals surface area (Å²) in [5.74, 6) is 0. The van der Waals surface area contributed by atoms with Crippen molar-refractivity contribution in [2.45, 2.75) is 25.2 Å². The number of nitrogens with one attached hydrogen (secondary N) is 1. The van der Waals surface area contributed by atoms with Gasteiger partial charge in [-0.15, -0.1) is 0 Å². The third-order valence-electron chi connectivity index (χ3n) is 3.21. The summed E-state index contributed by atoms with van der Waals surface area (Å²) in [7, 11) is -2.93. The molecule has 10 nitrogen and oxygen atoms in total. The lowest BCUT2D eigenvalue weighted by Crippen LogP contribution is -2.26. The average molecular weight is 346 g/mol. The van der Waals surface area contributed by atoms with E-state index in [1.807, 2.05) is 11.6 Å². The van der Waals surface area contributed by atoms with Gasteiger partial charge in [0.2, 0.25) is 10.0 Å². The van der Waals surface area contributed by atoms with Gasteiger partial charge in [-0.2, -0.15) is 0 Å². The highest BCUT2D eigenvalue weighted by Crippen LogP contribution is 2.39. The number of benzene rings is 1. The molecule has 1 aromatic rings. The average Bonchev–Trinajstić information content (AvgIpc) is 2.51. The fourth-order valence-corrected chi connectivity index (χ4v) is 2.92. The van der Waals surface area contributed by atoms with Gasteiger partial charge in [-0.1, -0.05) is 6.92 Å². The Morgan fingerprint density at radius 2 is 1.61 bits per heavy atom. The second-order valence-corrected chi connectivity index (χ2v) is 6.50. The van der Waals surface area contributed by atoms with Crippen LogP contribution in [0.3, 0.4) is 0 Å². The number of hydrogen-bond donors (Lipinski definition) is 1. The molecule has 1 N–H and O–H groups in total. The number of nitro benzene ring substituents is 2. The van der Waals surface area contributed by atoms with Gasteiger partial charge in [0, 0.05) is 25.2 Å². The normalized spacial score (nSPS) is 11.3. The van der Waals surface area contributed by atoms with Gasteiger partial charge in [0.25, 0.3) is 0 Å². The molecule has 0 aliphatic rings. The highest BCUT2D eigenvalue weighted by atomic mass is 32.2. The predicted octanol–water partition coefficient (Wildman–Crippen LogP) is 1.65. The van der Waals surface area contributed by atoms with E-state index in [0.29, 0.717) is 19.5 Å². The number of nitro groups is 2. The van der Waals surface area contributed by atoms with Crippen molar-refractivity contribution in [2.75, 3.05) is 25.0 Å². The summed E-state index contributed by atoms with van der Waals surface area (Å²) in [6, 6.07) is 1.68. The van der Waals surface area contributed by atoms with E-state index in [1.54, 1.807) is 6.92 Å². The number of hydrogen-bond acceptors (Lipinski definition) is 7. The lowest BCUT2D eigenvalue weighted by Gasteiger charge is -2.22. The monoisotopic (exact) mass is 346 g/mol. The van der Waals surface area contributed by atoms with E-state index in [1.165, 1.54) is 4.90 Å². The van der Waals surface area contributed by atoms with Crippen molar-refractivity contribution >= 4 is 27.1 Å². The van der Waals surface area contributed by atoms with Crippen molar-refractivity contribution in [3.05, 3.63) is 32.4 Å². The van der Waals surface area contributed by atoms with Crippen molar-refractivity contribution in [3.8, 4) is 0 Å². The van der Waals surface area contributed by atoms with E-state index in [4.69, 9.17) is 0 Å². The first kappa shape index (κ1) is 18.8. The molecule has 1 rings (SSSR count). The highest BCUT2D eigenvalue weighted by Gasteiger charge is 2.32. The topological polar surface area (TPSA) is 136 Å². The van der Waals surface area contributed by atoms with Crippen molar-refractivity contribution < 1.29 is 18.3 Å². The summed E-state index contributed by atoms with van der Waals surface area (Å²) >= 11 is 0. The van der Waals surface area contributed by atoms with Crippen LogP contribution in [0.15, 0.2) is 17.0 Å². The molecule has 0 atom stereocenters. The maximum absolute atomic E-state index is 11.9. The van der Waals surface area contributed by atoms with E-state index in [0.717, 1.165) is 19.2 Å². The van der Waals surface area contributed by atoms with Gasteiger partial charge in [0.05, 0.1) is 14.7 Å². The van der Waals surface area contributed by atoms with Gasteiger partial charge in [-0.25, -0.2) is 13.1 Å². The summed E-state index contributed by atoms with van der Waals surface area (Å²) < 4.78 is 25.7. The molecule has 0 unspecified atom stereocenters. The van der Waals surface area contributed by atoms with Gasteiger partial charge in [0.15, 0.2) is 5.69 Å². The summed E-state index contributed by atoms with van der Waals surface area (Å²) in [6.07, 6.45) is 0.624. The van der Waals surface area contributed by atoms with Crippen LogP contribution in [-0.2, 0) is 10.0 Å². The van der Waals surface area contributed by atoms with Crippen LogP contribution in [0.25, 0.3) is 0 Å². The molecule has 0 saturated carbocycles. The van der Waals surface area contributed by atoms with Crippen LogP contribution in [0.1, 0.15) is 20.3 Å². The van der Waals surface area contributed by atoms with Crippen LogP contribution in [-0.4, -0.2) is 38.4 Å². The fraction of sp³-hybridized carbons (Fsp3) is 0.500. The molecule has 0 saturated heterocycles. The van der Waals surface area contributed by atoms with E-state index in [2.05, 4.69) is 0 Å². The smallest absolute Gasteiger partial charge is 0.301 e. The van der Waals surface area contributed by atoms with Crippen LogP contribution in [0, 0.1) is 20.2 Å². The Bertz CT molecular complexity index is 683. The summed E-state index contributed by atoms with van der Waals surface area (Å²) in [6.45, 7) is 4.23. The first-order valence-electron chi connectivity index (χ1n) is 6.84. The van der Waals surface area contributed by atoms with E-state index in [9.17, 15) is 28.6 Å². The van der Waals surface area contributed by atoms with E-state index < -0.39 is 36.1 Å². The predicted molar refractivity (Wildman–Crippen MR) is 84.2 cm³/mol.